The maximum absolute atomic E-state index is 13.2. The van der Waals surface area contributed by atoms with Gasteiger partial charge in [-0.15, -0.1) is 0 Å². The van der Waals surface area contributed by atoms with Crippen molar-refractivity contribution in [3.05, 3.63) is 0 Å². The second kappa shape index (κ2) is 12.0. The van der Waals surface area contributed by atoms with Crippen molar-refractivity contribution in [2.45, 2.75) is 126 Å². The highest BCUT2D eigenvalue weighted by Gasteiger charge is 2.43. The lowest BCUT2D eigenvalue weighted by molar-refractivity contribution is -0.167. The molecule has 2 unspecified atom stereocenters. The minimum Gasteiger partial charge on any atom is -0.462 e. The molecule has 0 aliphatic carbocycles. The molecule has 0 saturated carbocycles. The third-order valence-corrected chi connectivity index (χ3v) is 5.60. The molecule has 0 aromatic rings. The highest BCUT2D eigenvalue weighted by Crippen LogP contribution is 2.42. The third-order valence-electron chi connectivity index (χ3n) is 5.60. The van der Waals surface area contributed by atoms with Crippen LogP contribution in [0.5, 0.6) is 0 Å². The van der Waals surface area contributed by atoms with Crippen LogP contribution in [-0.2, 0) is 9.53 Å². The van der Waals surface area contributed by atoms with Crippen molar-refractivity contribution in [2.75, 3.05) is 0 Å². The predicted molar refractivity (Wildman–Crippen MR) is 110 cm³/mol. The van der Waals surface area contributed by atoms with Gasteiger partial charge in [0.2, 0.25) is 0 Å². The highest BCUT2D eigenvalue weighted by molar-refractivity contribution is 5.77. The second-order valence-electron chi connectivity index (χ2n) is 9.48. The zero-order valence-corrected chi connectivity index (χ0v) is 18.5. The van der Waals surface area contributed by atoms with Crippen molar-refractivity contribution in [1.82, 2.24) is 0 Å². The molecule has 0 fully saturated rings. The first-order valence-corrected chi connectivity index (χ1v) is 10.8. The monoisotopic (exact) mass is 354 g/mol. The van der Waals surface area contributed by atoms with Crippen molar-refractivity contribution < 1.29 is 9.53 Å². The highest BCUT2D eigenvalue weighted by atomic mass is 16.5. The van der Waals surface area contributed by atoms with Gasteiger partial charge in [-0.1, -0.05) is 80.6 Å². The number of unbranched alkanes of at least 4 members (excludes halogenated alkanes) is 4. The van der Waals surface area contributed by atoms with Crippen LogP contribution in [-0.4, -0.2) is 12.1 Å². The van der Waals surface area contributed by atoms with Crippen LogP contribution in [0.2, 0.25) is 0 Å². The molecule has 0 aromatic carbocycles. The van der Waals surface area contributed by atoms with Crippen molar-refractivity contribution in [3.63, 3.8) is 0 Å². The Morgan fingerprint density at radius 3 is 1.72 bits per heavy atom. The van der Waals surface area contributed by atoms with E-state index < -0.39 is 0 Å². The lowest BCUT2D eigenvalue weighted by atomic mass is 9.67. The van der Waals surface area contributed by atoms with E-state index in [4.69, 9.17) is 4.74 Å². The molecule has 2 atom stereocenters. The van der Waals surface area contributed by atoms with Gasteiger partial charge in [0, 0.05) is 0 Å². The fourth-order valence-electron chi connectivity index (χ4n) is 3.79. The summed E-state index contributed by atoms with van der Waals surface area (Å²) in [4.78, 5) is 13.2. The normalized spacial score (nSPS) is 15.9. The van der Waals surface area contributed by atoms with E-state index in [1.165, 1.54) is 38.5 Å². The van der Waals surface area contributed by atoms with Gasteiger partial charge >= 0.3 is 5.97 Å². The van der Waals surface area contributed by atoms with E-state index in [0.29, 0.717) is 5.92 Å². The molecule has 0 heterocycles. The Balaban J connectivity index is 5.07. The van der Waals surface area contributed by atoms with Gasteiger partial charge in [-0.2, -0.15) is 0 Å². The fourth-order valence-corrected chi connectivity index (χ4v) is 3.79. The van der Waals surface area contributed by atoms with E-state index in [2.05, 4.69) is 55.4 Å². The summed E-state index contributed by atoms with van der Waals surface area (Å²) in [5.41, 5.74) is -0.266. The lowest BCUT2D eigenvalue weighted by Gasteiger charge is -2.39. The molecule has 0 rings (SSSR count). The van der Waals surface area contributed by atoms with E-state index in [1.54, 1.807) is 0 Å². The maximum atomic E-state index is 13.2. The number of ether oxygens (including phenoxy) is 1. The molecule has 0 spiro atoms. The summed E-state index contributed by atoms with van der Waals surface area (Å²) < 4.78 is 6.14. The molecule has 0 aliphatic rings. The molecule has 0 aliphatic heterocycles. The van der Waals surface area contributed by atoms with Gasteiger partial charge in [0.25, 0.3) is 0 Å². The molecule has 150 valence electrons. The molecular formula is C23H46O2. The van der Waals surface area contributed by atoms with Crippen LogP contribution in [0.25, 0.3) is 0 Å². The van der Waals surface area contributed by atoms with Gasteiger partial charge in [-0.3, -0.25) is 4.79 Å². The summed E-state index contributed by atoms with van der Waals surface area (Å²) >= 11 is 0. The molecule has 2 heteroatoms. The number of hydrogen-bond donors (Lipinski definition) is 0. The van der Waals surface area contributed by atoms with Crippen LogP contribution in [0.3, 0.4) is 0 Å². The molecule has 0 bridgehead atoms. The van der Waals surface area contributed by atoms with Crippen LogP contribution >= 0.6 is 0 Å². The number of hydrogen-bond acceptors (Lipinski definition) is 2. The molecule has 0 amide bonds. The molecule has 0 N–H and O–H groups in total. The van der Waals surface area contributed by atoms with Crippen LogP contribution < -0.4 is 0 Å². The van der Waals surface area contributed by atoms with E-state index in [-0.39, 0.29) is 22.9 Å². The molecule has 0 aromatic heterocycles. The van der Waals surface area contributed by atoms with Crippen LogP contribution in [0.4, 0.5) is 0 Å². The lowest BCUT2D eigenvalue weighted by Crippen LogP contribution is -2.41. The van der Waals surface area contributed by atoms with Gasteiger partial charge in [-0.05, 0) is 50.4 Å². The SMILES string of the molecule is CCCCCC(CCCCC)OC(=O)C(C)(CC(C)(C)C)C(C)CC. The van der Waals surface area contributed by atoms with Gasteiger partial charge in [0.1, 0.15) is 6.10 Å². The first-order valence-electron chi connectivity index (χ1n) is 10.8. The maximum Gasteiger partial charge on any atom is 0.312 e. The second-order valence-corrected chi connectivity index (χ2v) is 9.48. The topological polar surface area (TPSA) is 26.3 Å². The first kappa shape index (κ1) is 24.5. The Bertz CT molecular complexity index is 346. The van der Waals surface area contributed by atoms with Crippen LogP contribution in [0.1, 0.15) is 120 Å². The standard InChI is InChI=1S/C23H46O2/c1-9-12-14-16-20(17-15-13-10-2)25-21(24)23(8,19(4)11-3)18-22(5,6)7/h19-20H,9-18H2,1-8H3. The van der Waals surface area contributed by atoms with Crippen LogP contribution in [0.15, 0.2) is 0 Å². The number of rotatable bonds is 13. The summed E-state index contributed by atoms with van der Waals surface area (Å²) in [5.74, 6) is 0.376. The Hall–Kier alpha value is -0.530. The molecule has 0 saturated heterocycles. The van der Waals surface area contributed by atoms with E-state index >= 15 is 0 Å². The number of carbonyl (C=O) groups excluding carboxylic acids is 1. The molecule has 0 radical (unpaired) electrons. The summed E-state index contributed by atoms with van der Waals surface area (Å²) in [7, 11) is 0. The van der Waals surface area contributed by atoms with Crippen molar-refractivity contribution in [3.8, 4) is 0 Å². The molecule has 2 nitrogen and oxygen atoms in total. The zero-order valence-electron chi connectivity index (χ0n) is 18.5. The average molecular weight is 355 g/mol. The Morgan fingerprint density at radius 1 is 0.880 bits per heavy atom. The van der Waals surface area contributed by atoms with Gasteiger partial charge in [0.15, 0.2) is 0 Å². The minimum absolute atomic E-state index is 0.0368. The van der Waals surface area contributed by atoms with Gasteiger partial charge in [0.05, 0.1) is 5.41 Å². The number of esters is 1. The molecular weight excluding hydrogens is 308 g/mol. The Kier molecular flexibility index (Phi) is 11.7. The minimum atomic E-state index is -0.388. The van der Waals surface area contributed by atoms with E-state index in [9.17, 15) is 4.79 Å². The summed E-state index contributed by atoms with van der Waals surface area (Å²) in [6, 6.07) is 0. The third kappa shape index (κ3) is 9.66. The Labute approximate surface area is 158 Å². The predicted octanol–water partition coefficient (Wildman–Crippen LogP) is 7.55. The molecule has 25 heavy (non-hydrogen) atoms. The fraction of sp³-hybridized carbons (Fsp3) is 0.957. The number of carbonyl (C=O) groups is 1. The van der Waals surface area contributed by atoms with E-state index in [0.717, 1.165) is 25.7 Å². The van der Waals surface area contributed by atoms with Crippen LogP contribution in [0, 0.1) is 16.7 Å². The summed E-state index contributed by atoms with van der Waals surface area (Å²) in [5, 5.41) is 0. The zero-order chi connectivity index (χ0) is 19.5. The Morgan fingerprint density at radius 2 is 1.36 bits per heavy atom. The van der Waals surface area contributed by atoms with E-state index in [1.807, 2.05) is 0 Å². The summed E-state index contributed by atoms with van der Waals surface area (Å²) in [6.45, 7) is 17.6. The largest absolute Gasteiger partial charge is 0.462 e. The summed E-state index contributed by atoms with van der Waals surface area (Å²) in [6.07, 6.45) is 11.3. The van der Waals surface area contributed by atoms with Crippen molar-refractivity contribution in [1.29, 1.82) is 0 Å². The average Bonchev–Trinajstić information content (AvgIpc) is 2.52. The van der Waals surface area contributed by atoms with Gasteiger partial charge < -0.3 is 4.74 Å². The smallest absolute Gasteiger partial charge is 0.312 e. The van der Waals surface area contributed by atoms with Gasteiger partial charge in [-0.25, -0.2) is 0 Å². The first-order chi connectivity index (χ1) is 11.6. The van der Waals surface area contributed by atoms with Crippen molar-refractivity contribution >= 4 is 5.97 Å². The van der Waals surface area contributed by atoms with Crippen molar-refractivity contribution in [2.24, 2.45) is 16.7 Å². The quantitative estimate of drug-likeness (QED) is 0.252.